The summed E-state index contributed by atoms with van der Waals surface area (Å²) < 4.78 is 38.1. The third-order valence-corrected chi connectivity index (χ3v) is 2.62. The molecule has 6 nitrogen and oxygen atoms in total. The fourth-order valence-electron chi connectivity index (χ4n) is 1.41. The van der Waals surface area contributed by atoms with Gasteiger partial charge in [0.1, 0.15) is 12.4 Å². The minimum absolute atomic E-state index is 0.533. The first-order valence-corrected chi connectivity index (χ1v) is 6.47. The van der Waals surface area contributed by atoms with Crippen LogP contribution in [0.2, 0.25) is 0 Å². The topological polar surface area (TPSA) is 72.4 Å². The second-order valence-electron chi connectivity index (χ2n) is 3.65. The Morgan fingerprint density at radius 2 is 2.25 bits per heavy atom. The van der Waals surface area contributed by atoms with Crippen molar-refractivity contribution in [3.8, 4) is 0 Å². The van der Waals surface area contributed by atoms with Crippen molar-refractivity contribution >= 4 is 10.4 Å². The van der Waals surface area contributed by atoms with Gasteiger partial charge in [0.25, 0.3) is 0 Å². The molecular weight excluding hydrogens is 232 g/mol. The standard InChI is InChI=1S/C9H16N2O4S/c1-3-4-5-9(15-16(12,13)14)11-7-6-10(2)8-11/h6-9H,3-5H2,1-2H3/p+1. The van der Waals surface area contributed by atoms with Gasteiger partial charge in [-0.1, -0.05) is 13.3 Å². The summed E-state index contributed by atoms with van der Waals surface area (Å²) in [4.78, 5) is 0. The van der Waals surface area contributed by atoms with Crippen molar-refractivity contribution in [3.63, 3.8) is 0 Å². The smallest absolute Gasteiger partial charge is 0.263 e. The fourth-order valence-corrected chi connectivity index (χ4v) is 1.88. The number of unbranched alkanes of at least 4 members (excludes halogenated alkanes) is 1. The van der Waals surface area contributed by atoms with Crippen LogP contribution in [-0.4, -0.2) is 17.5 Å². The highest BCUT2D eigenvalue weighted by Gasteiger charge is 2.22. The first-order valence-electron chi connectivity index (χ1n) is 5.11. The summed E-state index contributed by atoms with van der Waals surface area (Å²) in [5.74, 6) is 0. The zero-order chi connectivity index (χ0) is 12.2. The van der Waals surface area contributed by atoms with E-state index in [0.717, 1.165) is 12.8 Å². The van der Waals surface area contributed by atoms with Gasteiger partial charge in [-0.3, -0.25) is 4.55 Å². The molecule has 0 aliphatic carbocycles. The quantitative estimate of drug-likeness (QED) is 0.598. The van der Waals surface area contributed by atoms with Crippen LogP contribution >= 0.6 is 0 Å². The van der Waals surface area contributed by atoms with E-state index >= 15 is 0 Å². The highest BCUT2D eigenvalue weighted by atomic mass is 32.3. The predicted molar refractivity (Wildman–Crippen MR) is 56.8 cm³/mol. The molecule has 16 heavy (non-hydrogen) atoms. The Balaban J connectivity index is 2.78. The molecule has 0 radical (unpaired) electrons. The van der Waals surface area contributed by atoms with E-state index in [2.05, 4.69) is 4.18 Å². The molecule has 1 heterocycles. The molecule has 0 amide bonds. The van der Waals surface area contributed by atoms with E-state index in [0.29, 0.717) is 6.42 Å². The number of hydrogen-bond acceptors (Lipinski definition) is 3. The second-order valence-corrected chi connectivity index (χ2v) is 4.70. The molecule has 7 heteroatoms. The fraction of sp³-hybridized carbons (Fsp3) is 0.667. The molecule has 1 unspecified atom stereocenters. The Bertz CT molecular complexity index is 426. The Hall–Kier alpha value is -0.920. The molecule has 0 saturated heterocycles. The van der Waals surface area contributed by atoms with E-state index in [1.54, 1.807) is 27.9 Å². The first-order chi connectivity index (χ1) is 7.42. The molecular formula is C9H17N2O4S+. The van der Waals surface area contributed by atoms with Gasteiger partial charge in [0.05, 0.1) is 7.05 Å². The molecule has 1 N–H and O–H groups in total. The Labute approximate surface area is 95.4 Å². The lowest BCUT2D eigenvalue weighted by molar-refractivity contribution is -0.671. The van der Waals surface area contributed by atoms with E-state index < -0.39 is 16.6 Å². The van der Waals surface area contributed by atoms with Gasteiger partial charge in [-0.05, 0) is 6.42 Å². The highest BCUT2D eigenvalue weighted by molar-refractivity contribution is 7.80. The maximum atomic E-state index is 10.7. The monoisotopic (exact) mass is 249 g/mol. The van der Waals surface area contributed by atoms with Crippen molar-refractivity contribution in [2.45, 2.75) is 32.4 Å². The average Bonchev–Trinajstić information content (AvgIpc) is 2.57. The van der Waals surface area contributed by atoms with E-state index in [-0.39, 0.29) is 0 Å². The van der Waals surface area contributed by atoms with Crippen molar-refractivity contribution in [2.24, 2.45) is 7.05 Å². The minimum Gasteiger partial charge on any atom is -0.263 e. The molecule has 0 aromatic carbocycles. The van der Waals surface area contributed by atoms with Crippen LogP contribution in [0.25, 0.3) is 0 Å². The van der Waals surface area contributed by atoms with Gasteiger partial charge in [0.2, 0.25) is 12.6 Å². The molecule has 1 aromatic heterocycles. The summed E-state index contributed by atoms with van der Waals surface area (Å²) >= 11 is 0. The summed E-state index contributed by atoms with van der Waals surface area (Å²) in [7, 11) is -2.60. The summed E-state index contributed by atoms with van der Waals surface area (Å²) in [5, 5.41) is 0. The number of rotatable bonds is 6. The van der Waals surface area contributed by atoms with Crippen LogP contribution in [0.1, 0.15) is 32.4 Å². The molecule has 0 bridgehead atoms. The van der Waals surface area contributed by atoms with Crippen molar-refractivity contribution in [1.29, 1.82) is 0 Å². The van der Waals surface area contributed by atoms with Gasteiger partial charge in [0, 0.05) is 6.42 Å². The Morgan fingerprint density at radius 3 is 2.69 bits per heavy atom. The highest BCUT2D eigenvalue weighted by Crippen LogP contribution is 2.17. The van der Waals surface area contributed by atoms with Crippen LogP contribution in [0.3, 0.4) is 0 Å². The van der Waals surface area contributed by atoms with Gasteiger partial charge in [-0.15, -0.1) is 0 Å². The molecule has 1 atom stereocenters. The predicted octanol–water partition coefficient (Wildman–Crippen LogP) is 0.821. The van der Waals surface area contributed by atoms with Crippen LogP contribution in [-0.2, 0) is 21.6 Å². The van der Waals surface area contributed by atoms with E-state index in [1.807, 2.05) is 14.0 Å². The lowest BCUT2D eigenvalue weighted by Crippen LogP contribution is -2.25. The molecule has 92 valence electrons. The van der Waals surface area contributed by atoms with Crippen LogP contribution in [0, 0.1) is 0 Å². The molecule has 0 saturated carbocycles. The van der Waals surface area contributed by atoms with Gasteiger partial charge in [0.15, 0.2) is 0 Å². The molecule has 0 aliphatic heterocycles. The lowest BCUT2D eigenvalue weighted by atomic mass is 10.2. The first kappa shape index (κ1) is 13.1. The zero-order valence-electron chi connectivity index (χ0n) is 9.41. The van der Waals surface area contributed by atoms with Crippen LogP contribution < -0.4 is 4.57 Å². The van der Waals surface area contributed by atoms with Crippen molar-refractivity contribution in [1.82, 2.24) is 4.57 Å². The van der Waals surface area contributed by atoms with Gasteiger partial charge in [-0.2, -0.15) is 8.42 Å². The van der Waals surface area contributed by atoms with E-state index in [1.165, 1.54) is 0 Å². The Morgan fingerprint density at radius 1 is 1.56 bits per heavy atom. The largest absolute Gasteiger partial charge is 0.401 e. The molecule has 0 fully saturated rings. The number of imidazole rings is 1. The third-order valence-electron chi connectivity index (χ3n) is 2.16. The third kappa shape index (κ3) is 4.30. The molecule has 0 aliphatic rings. The van der Waals surface area contributed by atoms with Gasteiger partial charge in [-0.25, -0.2) is 13.3 Å². The number of aryl methyl sites for hydroxylation is 1. The SMILES string of the molecule is CCCCC(OS(=O)(=O)O)n1cc[n+](C)c1. The summed E-state index contributed by atoms with van der Waals surface area (Å²) in [6.07, 6.45) is 6.77. The lowest BCUT2D eigenvalue weighted by Gasteiger charge is -2.11. The van der Waals surface area contributed by atoms with Crippen LogP contribution in [0.5, 0.6) is 0 Å². The van der Waals surface area contributed by atoms with E-state index in [9.17, 15) is 8.42 Å². The number of nitrogens with zero attached hydrogens (tertiary/aromatic N) is 2. The number of aromatic nitrogens is 2. The number of hydrogen-bond donors (Lipinski definition) is 1. The van der Waals surface area contributed by atoms with Crippen molar-refractivity contribution < 1.29 is 21.7 Å². The summed E-state index contributed by atoms with van der Waals surface area (Å²) in [6, 6.07) is 0. The Kier molecular flexibility index (Phi) is 4.45. The maximum Gasteiger partial charge on any atom is 0.401 e. The molecule has 0 spiro atoms. The minimum atomic E-state index is -4.42. The zero-order valence-corrected chi connectivity index (χ0v) is 10.2. The van der Waals surface area contributed by atoms with Crippen molar-refractivity contribution in [3.05, 3.63) is 18.7 Å². The molecule has 1 aromatic rings. The van der Waals surface area contributed by atoms with Crippen LogP contribution in [0.15, 0.2) is 18.7 Å². The van der Waals surface area contributed by atoms with Crippen LogP contribution in [0.4, 0.5) is 0 Å². The summed E-state index contributed by atoms with van der Waals surface area (Å²) in [5.41, 5.74) is 0. The maximum absolute atomic E-state index is 10.7. The molecule has 1 rings (SSSR count). The second kappa shape index (κ2) is 5.42. The normalized spacial score (nSPS) is 13.9. The van der Waals surface area contributed by atoms with Gasteiger partial charge >= 0.3 is 10.4 Å². The van der Waals surface area contributed by atoms with Crippen molar-refractivity contribution in [2.75, 3.05) is 0 Å². The van der Waals surface area contributed by atoms with Gasteiger partial charge < -0.3 is 0 Å². The van der Waals surface area contributed by atoms with E-state index in [4.69, 9.17) is 4.55 Å². The summed E-state index contributed by atoms with van der Waals surface area (Å²) in [6.45, 7) is 2.00. The average molecular weight is 249 g/mol.